The molecule has 0 spiro atoms. The van der Waals surface area contributed by atoms with E-state index in [-0.39, 0.29) is 23.5 Å². The van der Waals surface area contributed by atoms with Gasteiger partial charge in [0.25, 0.3) is 0 Å². The van der Waals surface area contributed by atoms with Crippen molar-refractivity contribution in [3.05, 3.63) is 65.7 Å². The van der Waals surface area contributed by atoms with Crippen LogP contribution in [0.4, 0.5) is 0 Å². The molecule has 0 saturated heterocycles. The third-order valence-electron chi connectivity index (χ3n) is 6.22. The second-order valence-corrected chi connectivity index (χ2v) is 8.61. The molecule has 28 heavy (non-hydrogen) atoms. The fourth-order valence-electron chi connectivity index (χ4n) is 4.74. The number of aromatic amines is 1. The fraction of sp³-hybridized carbons (Fsp3) is 0.458. The highest BCUT2D eigenvalue weighted by molar-refractivity contribution is 5.85. The van der Waals surface area contributed by atoms with Crippen molar-refractivity contribution in [2.45, 2.75) is 58.3 Å². The van der Waals surface area contributed by atoms with Gasteiger partial charge in [-0.15, -0.1) is 0 Å². The van der Waals surface area contributed by atoms with Crippen molar-refractivity contribution in [1.82, 2.24) is 9.97 Å². The minimum Gasteiger partial charge on any atom is -0.380 e. The molecular weight excluding hydrogens is 348 g/mol. The van der Waals surface area contributed by atoms with Crippen LogP contribution in [-0.2, 0) is 16.1 Å². The molecule has 0 bridgehead atoms. The van der Waals surface area contributed by atoms with E-state index in [1.165, 1.54) is 16.3 Å². The predicted molar refractivity (Wildman–Crippen MR) is 112 cm³/mol. The third-order valence-corrected chi connectivity index (χ3v) is 6.22. The SMILES string of the molecule is COC1C(c2c[nH]c(C)n2)C(OCc2cccc3ccccc23)CCC1(C)C. The molecule has 1 aromatic heterocycles. The lowest BCUT2D eigenvalue weighted by atomic mass is 9.67. The van der Waals surface area contributed by atoms with Gasteiger partial charge in [-0.1, -0.05) is 56.3 Å². The smallest absolute Gasteiger partial charge is 0.103 e. The molecule has 1 N–H and O–H groups in total. The Morgan fingerprint density at radius 1 is 1.14 bits per heavy atom. The van der Waals surface area contributed by atoms with E-state index in [9.17, 15) is 0 Å². The molecule has 1 saturated carbocycles. The highest BCUT2D eigenvalue weighted by Gasteiger charge is 2.46. The van der Waals surface area contributed by atoms with Crippen molar-refractivity contribution in [2.75, 3.05) is 7.11 Å². The number of H-pyrrole nitrogens is 1. The molecule has 3 atom stereocenters. The van der Waals surface area contributed by atoms with Crippen molar-refractivity contribution in [3.63, 3.8) is 0 Å². The van der Waals surface area contributed by atoms with Crippen molar-refractivity contribution in [3.8, 4) is 0 Å². The van der Waals surface area contributed by atoms with E-state index in [1.54, 1.807) is 0 Å². The number of aromatic nitrogens is 2. The molecule has 0 amide bonds. The normalized spacial score (nSPS) is 24.5. The third kappa shape index (κ3) is 3.59. The molecule has 4 heteroatoms. The maximum Gasteiger partial charge on any atom is 0.103 e. The summed E-state index contributed by atoms with van der Waals surface area (Å²) in [6.45, 7) is 7.16. The minimum absolute atomic E-state index is 0.0708. The Morgan fingerprint density at radius 2 is 1.93 bits per heavy atom. The fourth-order valence-corrected chi connectivity index (χ4v) is 4.74. The molecule has 4 rings (SSSR count). The second kappa shape index (κ2) is 7.69. The maximum absolute atomic E-state index is 6.54. The summed E-state index contributed by atoms with van der Waals surface area (Å²) in [5.74, 6) is 1.05. The molecule has 148 valence electrons. The van der Waals surface area contributed by atoms with Crippen LogP contribution in [0.5, 0.6) is 0 Å². The largest absolute Gasteiger partial charge is 0.380 e. The number of aryl methyl sites for hydroxylation is 1. The zero-order valence-corrected chi connectivity index (χ0v) is 17.2. The maximum atomic E-state index is 6.54. The Bertz CT molecular complexity index is 941. The second-order valence-electron chi connectivity index (χ2n) is 8.61. The molecule has 3 unspecified atom stereocenters. The van der Waals surface area contributed by atoms with E-state index >= 15 is 0 Å². The Balaban J connectivity index is 1.61. The first-order valence-electron chi connectivity index (χ1n) is 10.1. The molecule has 4 nitrogen and oxygen atoms in total. The van der Waals surface area contributed by atoms with Crippen LogP contribution in [0.25, 0.3) is 10.8 Å². The summed E-state index contributed by atoms with van der Waals surface area (Å²) in [4.78, 5) is 7.97. The van der Waals surface area contributed by atoms with Crippen molar-refractivity contribution < 1.29 is 9.47 Å². The first kappa shape index (κ1) is 19.2. The summed E-state index contributed by atoms with van der Waals surface area (Å²) in [5.41, 5.74) is 2.36. The van der Waals surface area contributed by atoms with Gasteiger partial charge >= 0.3 is 0 Å². The summed E-state index contributed by atoms with van der Waals surface area (Å²) in [6, 6.07) is 14.9. The summed E-state index contributed by atoms with van der Waals surface area (Å²) >= 11 is 0. The minimum atomic E-state index is 0.0708. The summed E-state index contributed by atoms with van der Waals surface area (Å²) in [5, 5.41) is 2.51. The van der Waals surface area contributed by atoms with Gasteiger partial charge in [-0.05, 0) is 41.5 Å². The lowest BCUT2D eigenvalue weighted by Gasteiger charge is -2.46. The van der Waals surface area contributed by atoms with Gasteiger partial charge in [-0.25, -0.2) is 4.98 Å². The number of fused-ring (bicyclic) bond motifs is 1. The number of ether oxygens (including phenoxy) is 2. The van der Waals surface area contributed by atoms with E-state index in [2.05, 4.69) is 61.3 Å². The highest BCUT2D eigenvalue weighted by Crippen LogP contribution is 2.46. The molecule has 1 fully saturated rings. The standard InChI is InChI=1S/C24H30N2O2/c1-16-25-14-20(26-16)22-21(12-13-24(2,3)23(22)27-4)28-15-18-10-7-9-17-8-5-6-11-19(17)18/h5-11,14,21-23H,12-13,15H2,1-4H3,(H,25,26). The predicted octanol–water partition coefficient (Wildman–Crippen LogP) is 5.38. The van der Waals surface area contributed by atoms with Gasteiger partial charge in [0, 0.05) is 13.3 Å². The first-order chi connectivity index (χ1) is 13.5. The van der Waals surface area contributed by atoms with Gasteiger partial charge in [0.05, 0.1) is 30.4 Å². The van der Waals surface area contributed by atoms with Crippen molar-refractivity contribution in [2.24, 2.45) is 5.41 Å². The molecule has 0 radical (unpaired) electrons. The summed E-state index contributed by atoms with van der Waals surface area (Å²) in [7, 11) is 1.81. The van der Waals surface area contributed by atoms with E-state index < -0.39 is 0 Å². The number of nitrogens with one attached hydrogen (secondary N) is 1. The van der Waals surface area contributed by atoms with Crippen molar-refractivity contribution >= 4 is 10.8 Å². The quantitative estimate of drug-likeness (QED) is 0.649. The van der Waals surface area contributed by atoms with Gasteiger partial charge in [0.2, 0.25) is 0 Å². The van der Waals surface area contributed by atoms with Crippen LogP contribution in [0.15, 0.2) is 48.7 Å². The molecule has 1 aliphatic rings. The van der Waals surface area contributed by atoms with E-state index in [1.807, 2.05) is 20.2 Å². The number of nitrogens with zero attached hydrogens (tertiary/aromatic N) is 1. The van der Waals surface area contributed by atoms with Gasteiger partial charge in [0.1, 0.15) is 5.82 Å². The van der Waals surface area contributed by atoms with Crippen LogP contribution in [-0.4, -0.2) is 29.3 Å². The van der Waals surface area contributed by atoms with Crippen LogP contribution in [0.3, 0.4) is 0 Å². The number of rotatable bonds is 5. The molecule has 0 aliphatic heterocycles. The topological polar surface area (TPSA) is 47.1 Å². The Kier molecular flexibility index (Phi) is 5.26. The molecule has 3 aromatic rings. The Labute approximate surface area is 167 Å². The van der Waals surface area contributed by atoms with E-state index in [0.29, 0.717) is 6.61 Å². The summed E-state index contributed by atoms with van der Waals surface area (Å²) in [6.07, 6.45) is 4.25. The van der Waals surface area contributed by atoms with Gasteiger partial charge in [-0.3, -0.25) is 0 Å². The van der Waals surface area contributed by atoms with E-state index in [4.69, 9.17) is 14.5 Å². The molecule has 1 aliphatic carbocycles. The average Bonchev–Trinajstić information content (AvgIpc) is 3.12. The zero-order chi connectivity index (χ0) is 19.7. The Morgan fingerprint density at radius 3 is 2.68 bits per heavy atom. The lowest BCUT2D eigenvalue weighted by Crippen LogP contribution is -2.47. The van der Waals surface area contributed by atoms with Gasteiger partial charge < -0.3 is 14.5 Å². The molecular formula is C24H30N2O2. The van der Waals surface area contributed by atoms with Gasteiger partial charge in [0.15, 0.2) is 0 Å². The van der Waals surface area contributed by atoms with Crippen LogP contribution in [0.2, 0.25) is 0 Å². The summed E-state index contributed by atoms with van der Waals surface area (Å²) < 4.78 is 12.5. The zero-order valence-electron chi connectivity index (χ0n) is 17.2. The van der Waals surface area contributed by atoms with Crippen LogP contribution < -0.4 is 0 Å². The molecule has 2 aromatic carbocycles. The van der Waals surface area contributed by atoms with Gasteiger partial charge in [-0.2, -0.15) is 0 Å². The number of hydrogen-bond acceptors (Lipinski definition) is 3. The monoisotopic (exact) mass is 378 g/mol. The number of imidazole rings is 1. The van der Waals surface area contributed by atoms with Crippen LogP contribution in [0.1, 0.15) is 49.7 Å². The molecule has 1 heterocycles. The first-order valence-corrected chi connectivity index (χ1v) is 10.1. The number of benzene rings is 2. The van der Waals surface area contributed by atoms with Crippen molar-refractivity contribution in [1.29, 1.82) is 0 Å². The number of methoxy groups -OCH3 is 1. The highest BCUT2D eigenvalue weighted by atomic mass is 16.5. The lowest BCUT2D eigenvalue weighted by molar-refractivity contribution is -0.109. The average molecular weight is 379 g/mol. The van der Waals surface area contributed by atoms with E-state index in [0.717, 1.165) is 24.4 Å². The Hall–Kier alpha value is -2.17. The van der Waals surface area contributed by atoms with Crippen LogP contribution >= 0.6 is 0 Å². The van der Waals surface area contributed by atoms with Crippen LogP contribution in [0, 0.1) is 12.3 Å². The number of hydrogen-bond donors (Lipinski definition) is 1.